The van der Waals surface area contributed by atoms with Gasteiger partial charge in [0.1, 0.15) is 0 Å². The Labute approximate surface area is 160 Å². The molecule has 3 nitrogen and oxygen atoms in total. The summed E-state index contributed by atoms with van der Waals surface area (Å²) in [7, 11) is 0. The zero-order chi connectivity index (χ0) is 17.8. The van der Waals surface area contributed by atoms with Crippen molar-refractivity contribution >= 4 is 0 Å². The second-order valence-corrected chi connectivity index (χ2v) is 8.87. The number of nitrogens with zero attached hydrogens (tertiary/aromatic N) is 3. The fourth-order valence-electron chi connectivity index (χ4n) is 6.46. The van der Waals surface area contributed by atoms with E-state index < -0.39 is 0 Å². The fourth-order valence-corrected chi connectivity index (χ4v) is 6.46. The highest BCUT2D eigenvalue weighted by molar-refractivity contribution is 5.63. The number of rotatable bonds is 3. The van der Waals surface area contributed by atoms with Crippen LogP contribution in [0.2, 0.25) is 0 Å². The molecular formula is C24H25N3. The molecule has 0 radical (unpaired) electrons. The Hall–Kier alpha value is -2.42. The summed E-state index contributed by atoms with van der Waals surface area (Å²) in [6, 6.07) is 21.8. The monoisotopic (exact) mass is 355 g/mol. The highest BCUT2D eigenvalue weighted by Crippen LogP contribution is 2.59. The zero-order valence-corrected chi connectivity index (χ0v) is 15.5. The first-order valence-corrected chi connectivity index (χ1v) is 10.4. The van der Waals surface area contributed by atoms with Gasteiger partial charge in [-0.2, -0.15) is 0 Å². The van der Waals surface area contributed by atoms with Crippen LogP contribution in [-0.4, -0.2) is 14.8 Å². The number of benzene rings is 2. The van der Waals surface area contributed by atoms with Gasteiger partial charge in [0.2, 0.25) is 0 Å². The molecule has 4 saturated carbocycles. The smallest absolute Gasteiger partial charge is 0.164 e. The lowest BCUT2D eigenvalue weighted by atomic mass is 9.54. The largest absolute Gasteiger partial charge is 0.303 e. The van der Waals surface area contributed by atoms with E-state index >= 15 is 0 Å². The summed E-state index contributed by atoms with van der Waals surface area (Å²) in [5, 5.41) is 9.42. The van der Waals surface area contributed by atoms with Crippen LogP contribution in [-0.2, 0) is 0 Å². The van der Waals surface area contributed by atoms with E-state index in [1.165, 1.54) is 43.2 Å². The van der Waals surface area contributed by atoms with Crippen LogP contribution < -0.4 is 0 Å². The topological polar surface area (TPSA) is 30.7 Å². The van der Waals surface area contributed by atoms with Crippen molar-refractivity contribution in [1.29, 1.82) is 0 Å². The van der Waals surface area contributed by atoms with Gasteiger partial charge in [-0.1, -0.05) is 60.7 Å². The molecule has 3 aromatic rings. The fraction of sp³-hybridized carbons (Fsp3) is 0.417. The summed E-state index contributed by atoms with van der Waals surface area (Å²) in [5.74, 6) is 5.63. The highest BCUT2D eigenvalue weighted by Gasteiger charge is 2.50. The molecule has 0 spiro atoms. The van der Waals surface area contributed by atoms with Gasteiger partial charge in [0.05, 0.1) is 0 Å². The lowest BCUT2D eigenvalue weighted by Crippen LogP contribution is -2.46. The van der Waals surface area contributed by atoms with Crippen LogP contribution in [0, 0.1) is 23.7 Å². The molecule has 0 amide bonds. The van der Waals surface area contributed by atoms with Crippen LogP contribution in [0.5, 0.6) is 0 Å². The van der Waals surface area contributed by atoms with Crippen molar-refractivity contribution in [1.82, 2.24) is 14.8 Å². The molecule has 136 valence electrons. The minimum atomic E-state index is 0.554. The second kappa shape index (κ2) is 6.05. The molecule has 1 aromatic heterocycles. The predicted octanol–water partition coefficient (Wildman–Crippen LogP) is 5.61. The average molecular weight is 355 g/mol. The molecular weight excluding hydrogens is 330 g/mol. The minimum absolute atomic E-state index is 0.554. The first-order chi connectivity index (χ1) is 13.4. The first kappa shape index (κ1) is 15.6. The van der Waals surface area contributed by atoms with E-state index in [0.717, 1.165) is 35.3 Å². The molecule has 1 heterocycles. The van der Waals surface area contributed by atoms with E-state index in [2.05, 4.69) is 65.2 Å². The predicted molar refractivity (Wildman–Crippen MR) is 107 cm³/mol. The number of hydrogen-bond acceptors (Lipinski definition) is 2. The van der Waals surface area contributed by atoms with Gasteiger partial charge < -0.3 is 4.57 Å². The van der Waals surface area contributed by atoms with Gasteiger partial charge in [-0.15, -0.1) is 10.2 Å². The highest BCUT2D eigenvalue weighted by atomic mass is 15.3. The summed E-state index contributed by atoms with van der Waals surface area (Å²) in [4.78, 5) is 0. The molecule has 7 rings (SSSR count). The molecule has 0 N–H and O–H groups in total. The van der Waals surface area contributed by atoms with Crippen molar-refractivity contribution in [2.75, 3.05) is 0 Å². The Balaban J connectivity index is 1.53. The molecule has 4 fully saturated rings. The molecule has 0 saturated heterocycles. The van der Waals surface area contributed by atoms with E-state index in [1.54, 1.807) is 0 Å². The Bertz CT molecular complexity index is 859. The van der Waals surface area contributed by atoms with Crippen molar-refractivity contribution in [3.63, 3.8) is 0 Å². The summed E-state index contributed by atoms with van der Waals surface area (Å²) in [5.41, 5.74) is 2.36. The van der Waals surface area contributed by atoms with Crippen LogP contribution in [0.3, 0.4) is 0 Å². The van der Waals surface area contributed by atoms with E-state index in [4.69, 9.17) is 10.2 Å². The molecule has 3 heteroatoms. The third-order valence-corrected chi connectivity index (χ3v) is 7.23. The second-order valence-electron chi connectivity index (χ2n) is 8.87. The molecule has 4 bridgehead atoms. The number of aromatic nitrogens is 3. The zero-order valence-electron chi connectivity index (χ0n) is 15.5. The summed E-state index contributed by atoms with van der Waals surface area (Å²) in [6.45, 7) is 0. The molecule has 4 aliphatic rings. The van der Waals surface area contributed by atoms with Crippen molar-refractivity contribution < 1.29 is 0 Å². The third kappa shape index (κ3) is 2.48. The first-order valence-electron chi connectivity index (χ1n) is 10.4. The maximum atomic E-state index is 4.71. The molecule has 2 aromatic carbocycles. The summed E-state index contributed by atoms with van der Waals surface area (Å²) in [6.07, 6.45) is 7.09. The molecule has 4 aliphatic carbocycles. The normalized spacial score (nSPS) is 31.3. The van der Waals surface area contributed by atoms with E-state index in [0.29, 0.717) is 6.04 Å². The van der Waals surface area contributed by atoms with Gasteiger partial charge in [-0.05, 0) is 55.8 Å². The van der Waals surface area contributed by atoms with Crippen LogP contribution in [0.15, 0.2) is 60.7 Å². The van der Waals surface area contributed by atoms with Gasteiger partial charge in [-0.3, -0.25) is 0 Å². The lowest BCUT2D eigenvalue weighted by molar-refractivity contribution is -0.0280. The maximum Gasteiger partial charge on any atom is 0.164 e. The van der Waals surface area contributed by atoms with Gasteiger partial charge >= 0.3 is 0 Å². The molecule has 0 atom stereocenters. The van der Waals surface area contributed by atoms with E-state index in [9.17, 15) is 0 Å². The molecule has 0 unspecified atom stereocenters. The van der Waals surface area contributed by atoms with Gasteiger partial charge in [-0.25, -0.2) is 0 Å². The third-order valence-electron chi connectivity index (χ3n) is 7.23. The minimum Gasteiger partial charge on any atom is -0.303 e. The standard InChI is InChI=1S/C24H25N3/c1-3-7-18(8-4-1)23-25-26-24(19-9-5-2-6-10-19)27(23)22-20-12-16-11-17(14-20)15-21(22)13-16/h1-10,16-17,20-22H,11-15H2. The number of hydrogen-bond donors (Lipinski definition) is 0. The SMILES string of the molecule is c1ccc(-c2nnc(-c3ccccc3)n2C2C3CC4CC(C3)CC2C4)cc1. The van der Waals surface area contributed by atoms with Crippen molar-refractivity contribution in [3.05, 3.63) is 60.7 Å². The van der Waals surface area contributed by atoms with Crippen molar-refractivity contribution in [3.8, 4) is 22.8 Å². The molecule has 27 heavy (non-hydrogen) atoms. The summed E-state index contributed by atoms with van der Waals surface area (Å²) >= 11 is 0. The Morgan fingerprint density at radius 2 is 1.04 bits per heavy atom. The quantitative estimate of drug-likeness (QED) is 0.611. The van der Waals surface area contributed by atoms with Crippen molar-refractivity contribution in [2.24, 2.45) is 23.7 Å². The van der Waals surface area contributed by atoms with Crippen molar-refractivity contribution in [2.45, 2.75) is 38.1 Å². The average Bonchev–Trinajstić information content (AvgIpc) is 3.13. The Morgan fingerprint density at radius 1 is 0.593 bits per heavy atom. The van der Waals surface area contributed by atoms with Gasteiger partial charge in [0.15, 0.2) is 11.6 Å². The summed E-state index contributed by atoms with van der Waals surface area (Å²) < 4.78 is 2.53. The maximum absolute atomic E-state index is 4.71. The Kier molecular flexibility index (Phi) is 3.50. The lowest BCUT2D eigenvalue weighted by Gasteiger charge is -2.55. The molecule has 0 aliphatic heterocycles. The van der Waals surface area contributed by atoms with E-state index in [1.807, 2.05) is 0 Å². The van der Waals surface area contributed by atoms with Gasteiger partial charge in [0, 0.05) is 17.2 Å². The Morgan fingerprint density at radius 3 is 1.48 bits per heavy atom. The van der Waals surface area contributed by atoms with Crippen LogP contribution in [0.1, 0.15) is 38.1 Å². The van der Waals surface area contributed by atoms with Gasteiger partial charge in [0.25, 0.3) is 0 Å². The van der Waals surface area contributed by atoms with Crippen LogP contribution >= 0.6 is 0 Å². The van der Waals surface area contributed by atoms with Crippen LogP contribution in [0.4, 0.5) is 0 Å². The van der Waals surface area contributed by atoms with Crippen LogP contribution in [0.25, 0.3) is 22.8 Å². The van der Waals surface area contributed by atoms with E-state index in [-0.39, 0.29) is 0 Å².